The van der Waals surface area contributed by atoms with Crippen LogP contribution in [0.4, 0.5) is 5.69 Å². The molecule has 1 N–H and O–H groups in total. The minimum Gasteiger partial charge on any atom is -0.478 e. The molecule has 0 atom stereocenters. The summed E-state index contributed by atoms with van der Waals surface area (Å²) >= 11 is 3.23. The van der Waals surface area contributed by atoms with Gasteiger partial charge in [-0.2, -0.15) is 5.26 Å². The SMILES string of the molecule is CN(CCC#N)c1ccc(Br)cc1C(=O)O. The maximum Gasteiger partial charge on any atom is 0.337 e. The number of hydrogen-bond acceptors (Lipinski definition) is 3. The number of nitriles is 1. The van der Waals surface area contributed by atoms with Crippen LogP contribution in [0.15, 0.2) is 22.7 Å². The molecule has 16 heavy (non-hydrogen) atoms. The largest absolute Gasteiger partial charge is 0.478 e. The highest BCUT2D eigenvalue weighted by Gasteiger charge is 2.13. The van der Waals surface area contributed by atoms with E-state index >= 15 is 0 Å². The Kier molecular flexibility index (Phi) is 4.32. The standard InChI is InChI=1S/C11H11BrN2O2/c1-14(6-2-5-13)10-4-3-8(12)7-9(10)11(15)16/h3-4,7H,2,6H2,1H3,(H,15,16). The molecule has 1 rings (SSSR count). The summed E-state index contributed by atoms with van der Waals surface area (Å²) in [5.41, 5.74) is 0.848. The minimum atomic E-state index is -0.972. The first-order chi connectivity index (χ1) is 7.56. The zero-order valence-corrected chi connectivity index (χ0v) is 10.4. The summed E-state index contributed by atoms with van der Waals surface area (Å²) in [6.07, 6.45) is 0.367. The molecule has 0 bridgehead atoms. The molecule has 4 nitrogen and oxygen atoms in total. The van der Waals surface area contributed by atoms with Gasteiger partial charge in [-0.15, -0.1) is 0 Å². The van der Waals surface area contributed by atoms with E-state index in [2.05, 4.69) is 15.9 Å². The second kappa shape index (κ2) is 5.52. The summed E-state index contributed by atoms with van der Waals surface area (Å²) in [6.45, 7) is 0.512. The van der Waals surface area contributed by atoms with Crippen LogP contribution in [0.3, 0.4) is 0 Å². The summed E-state index contributed by atoms with van der Waals surface area (Å²) in [6, 6.07) is 7.10. The number of carbonyl (C=O) groups is 1. The summed E-state index contributed by atoms with van der Waals surface area (Å²) in [5.74, 6) is -0.972. The molecule has 5 heteroatoms. The van der Waals surface area contributed by atoms with Gasteiger partial charge in [0, 0.05) is 18.1 Å². The lowest BCUT2D eigenvalue weighted by Crippen LogP contribution is -2.20. The van der Waals surface area contributed by atoms with E-state index in [-0.39, 0.29) is 5.56 Å². The molecule has 0 aliphatic carbocycles. The zero-order chi connectivity index (χ0) is 12.1. The third-order valence-corrected chi connectivity index (χ3v) is 2.65. The Morgan fingerprint density at radius 1 is 1.62 bits per heavy atom. The lowest BCUT2D eigenvalue weighted by molar-refractivity contribution is 0.0697. The van der Waals surface area contributed by atoms with E-state index in [1.807, 2.05) is 6.07 Å². The molecule has 1 aromatic carbocycles. The lowest BCUT2D eigenvalue weighted by atomic mass is 10.1. The van der Waals surface area contributed by atoms with E-state index < -0.39 is 5.97 Å². The highest BCUT2D eigenvalue weighted by molar-refractivity contribution is 9.10. The van der Waals surface area contributed by atoms with Crippen molar-refractivity contribution >= 4 is 27.6 Å². The molecule has 0 aliphatic heterocycles. The maximum absolute atomic E-state index is 11.0. The van der Waals surface area contributed by atoms with Gasteiger partial charge in [-0.3, -0.25) is 0 Å². The van der Waals surface area contributed by atoms with Crippen molar-refractivity contribution in [3.63, 3.8) is 0 Å². The third kappa shape index (κ3) is 2.97. The van der Waals surface area contributed by atoms with Crippen molar-refractivity contribution in [1.82, 2.24) is 0 Å². The van der Waals surface area contributed by atoms with Gasteiger partial charge in [-0.25, -0.2) is 4.79 Å². The highest BCUT2D eigenvalue weighted by atomic mass is 79.9. The van der Waals surface area contributed by atoms with E-state index in [1.54, 1.807) is 30.1 Å². The van der Waals surface area contributed by atoms with Gasteiger partial charge in [0.25, 0.3) is 0 Å². The van der Waals surface area contributed by atoms with Gasteiger partial charge in [0.2, 0.25) is 0 Å². The molecule has 0 saturated heterocycles. The molecule has 0 heterocycles. The first-order valence-electron chi connectivity index (χ1n) is 4.67. The topological polar surface area (TPSA) is 64.3 Å². The second-order valence-electron chi connectivity index (χ2n) is 3.30. The van der Waals surface area contributed by atoms with Crippen LogP contribution in [0.2, 0.25) is 0 Å². The molecule has 84 valence electrons. The Hall–Kier alpha value is -1.54. The quantitative estimate of drug-likeness (QED) is 0.922. The number of halogens is 1. The van der Waals surface area contributed by atoms with Crippen molar-refractivity contribution in [1.29, 1.82) is 5.26 Å². The summed E-state index contributed by atoms with van der Waals surface area (Å²) in [5, 5.41) is 17.5. The van der Waals surface area contributed by atoms with Gasteiger partial charge in [0.1, 0.15) is 0 Å². The molecule has 0 aliphatic rings. The summed E-state index contributed by atoms with van der Waals surface area (Å²) in [7, 11) is 1.77. The molecular weight excluding hydrogens is 272 g/mol. The molecule has 0 fully saturated rings. The number of hydrogen-bond donors (Lipinski definition) is 1. The fourth-order valence-corrected chi connectivity index (χ4v) is 1.71. The Balaban J connectivity index is 3.03. The van der Waals surface area contributed by atoms with Crippen molar-refractivity contribution in [3.05, 3.63) is 28.2 Å². The molecule has 0 saturated carbocycles. The number of rotatable bonds is 4. The number of anilines is 1. The zero-order valence-electron chi connectivity index (χ0n) is 8.77. The smallest absolute Gasteiger partial charge is 0.337 e. The molecule has 0 radical (unpaired) electrons. The van der Waals surface area contributed by atoms with Crippen LogP contribution in [0.1, 0.15) is 16.8 Å². The van der Waals surface area contributed by atoms with Gasteiger partial charge in [0.15, 0.2) is 0 Å². The van der Waals surface area contributed by atoms with Crippen LogP contribution in [0.5, 0.6) is 0 Å². The Morgan fingerprint density at radius 3 is 2.88 bits per heavy atom. The third-order valence-electron chi connectivity index (χ3n) is 2.16. The Morgan fingerprint density at radius 2 is 2.31 bits per heavy atom. The monoisotopic (exact) mass is 282 g/mol. The average Bonchev–Trinajstić information content (AvgIpc) is 2.25. The van der Waals surface area contributed by atoms with Crippen molar-refractivity contribution < 1.29 is 9.90 Å². The predicted octanol–water partition coefficient (Wildman–Crippen LogP) is 2.50. The van der Waals surface area contributed by atoms with Gasteiger partial charge in [0.05, 0.1) is 23.7 Å². The van der Waals surface area contributed by atoms with Gasteiger partial charge in [-0.05, 0) is 18.2 Å². The van der Waals surface area contributed by atoms with Crippen molar-refractivity contribution in [2.45, 2.75) is 6.42 Å². The van der Waals surface area contributed by atoms with Crippen molar-refractivity contribution in [2.75, 3.05) is 18.5 Å². The average molecular weight is 283 g/mol. The molecule has 1 aromatic rings. The van der Waals surface area contributed by atoms with E-state index in [9.17, 15) is 4.79 Å². The number of nitrogens with zero attached hydrogens (tertiary/aromatic N) is 2. The molecule has 0 unspecified atom stereocenters. The first kappa shape index (κ1) is 12.5. The van der Waals surface area contributed by atoms with Gasteiger partial charge in [-0.1, -0.05) is 15.9 Å². The fraction of sp³-hybridized carbons (Fsp3) is 0.273. The minimum absolute atomic E-state index is 0.231. The predicted molar refractivity (Wildman–Crippen MR) is 64.6 cm³/mol. The Bertz CT molecular complexity index is 440. The number of carboxylic acid groups (broad SMARTS) is 1. The second-order valence-corrected chi connectivity index (χ2v) is 4.21. The molecule has 0 aromatic heterocycles. The fourth-order valence-electron chi connectivity index (χ4n) is 1.35. The van der Waals surface area contributed by atoms with Crippen LogP contribution >= 0.6 is 15.9 Å². The van der Waals surface area contributed by atoms with E-state index in [4.69, 9.17) is 10.4 Å². The maximum atomic E-state index is 11.0. The van der Waals surface area contributed by atoms with Crippen LogP contribution in [-0.4, -0.2) is 24.7 Å². The molecule has 0 spiro atoms. The number of benzene rings is 1. The van der Waals surface area contributed by atoms with Gasteiger partial charge < -0.3 is 10.0 Å². The van der Waals surface area contributed by atoms with Crippen molar-refractivity contribution in [2.24, 2.45) is 0 Å². The van der Waals surface area contributed by atoms with E-state index in [0.29, 0.717) is 18.7 Å². The van der Waals surface area contributed by atoms with Crippen molar-refractivity contribution in [3.8, 4) is 6.07 Å². The summed E-state index contributed by atoms with van der Waals surface area (Å²) in [4.78, 5) is 12.8. The van der Waals surface area contributed by atoms with Crippen LogP contribution < -0.4 is 4.90 Å². The lowest BCUT2D eigenvalue weighted by Gasteiger charge is -2.19. The normalized spacial score (nSPS) is 9.56. The number of carboxylic acids is 1. The van der Waals surface area contributed by atoms with E-state index in [0.717, 1.165) is 4.47 Å². The molecular formula is C11H11BrN2O2. The molecule has 0 amide bonds. The summed E-state index contributed by atoms with van der Waals surface area (Å²) < 4.78 is 0.724. The number of aromatic carboxylic acids is 1. The van der Waals surface area contributed by atoms with Gasteiger partial charge >= 0.3 is 5.97 Å². The van der Waals surface area contributed by atoms with Crippen LogP contribution in [0, 0.1) is 11.3 Å². The van der Waals surface area contributed by atoms with E-state index in [1.165, 1.54) is 0 Å². The van der Waals surface area contributed by atoms with Crippen LogP contribution in [0.25, 0.3) is 0 Å². The Labute approximate surface area is 102 Å². The first-order valence-corrected chi connectivity index (χ1v) is 5.46. The highest BCUT2D eigenvalue weighted by Crippen LogP contribution is 2.23. The van der Waals surface area contributed by atoms with Crippen LogP contribution in [-0.2, 0) is 0 Å².